The molecule has 2 aromatic rings. The molecular formula is C18H25ClN4O2S. The Labute approximate surface area is 164 Å². The van der Waals surface area contributed by atoms with Gasteiger partial charge < -0.3 is 16.0 Å². The van der Waals surface area contributed by atoms with Crippen LogP contribution in [0.3, 0.4) is 0 Å². The van der Waals surface area contributed by atoms with Gasteiger partial charge in [0.25, 0.3) is 5.91 Å². The van der Waals surface area contributed by atoms with E-state index < -0.39 is 0 Å². The maximum absolute atomic E-state index is 12.2. The third kappa shape index (κ3) is 6.09. The minimum Gasteiger partial charge on any atom is -0.336 e. The van der Waals surface area contributed by atoms with E-state index in [1.165, 1.54) is 11.3 Å². The summed E-state index contributed by atoms with van der Waals surface area (Å²) in [5.74, 6) is -0.191. The second-order valence-electron chi connectivity index (χ2n) is 6.06. The zero-order valence-corrected chi connectivity index (χ0v) is 16.8. The molecule has 0 aliphatic carbocycles. The molecule has 1 heterocycles. The number of halogens is 1. The molecule has 6 nitrogen and oxygen atoms in total. The Kier molecular flexibility index (Phi) is 8.71. The quantitative estimate of drug-likeness (QED) is 0.752. The zero-order valence-electron chi connectivity index (χ0n) is 15.2. The molecule has 8 heteroatoms. The molecule has 0 aliphatic rings. The number of nitrogens with two attached hydrogens (primary N) is 1. The minimum atomic E-state index is -0.236. The zero-order chi connectivity index (χ0) is 18.4. The molecule has 1 aromatic heterocycles. The number of carbonyl (C=O) groups excluding carboxylic acids is 2. The van der Waals surface area contributed by atoms with Crippen LogP contribution in [0.4, 0.5) is 5.69 Å². The maximum Gasteiger partial charge on any atom is 0.275 e. The standard InChI is InChI=1S/C18H24N4O2S.ClH/c1-12(2)22(13(3)23)10-14-4-6-15(7-5-14)20-18(24)16-11-25-17(21-16)8-9-19;/h4-7,11-12H,8-10,19H2,1-3H3,(H,20,24);1H. The average Bonchev–Trinajstić information content (AvgIpc) is 3.02. The molecule has 0 fully saturated rings. The maximum atomic E-state index is 12.2. The van der Waals surface area contributed by atoms with Crippen molar-refractivity contribution >= 4 is 41.2 Å². The lowest BCUT2D eigenvalue weighted by Gasteiger charge is -2.25. The number of aromatic nitrogens is 1. The Hall–Kier alpha value is -1.96. The molecular weight excluding hydrogens is 372 g/mol. The molecule has 0 radical (unpaired) electrons. The molecule has 0 saturated heterocycles. The Morgan fingerprint density at radius 1 is 1.27 bits per heavy atom. The largest absolute Gasteiger partial charge is 0.336 e. The fourth-order valence-electron chi connectivity index (χ4n) is 2.40. The van der Waals surface area contributed by atoms with Crippen LogP contribution in [0, 0.1) is 0 Å². The van der Waals surface area contributed by atoms with Crippen molar-refractivity contribution in [3.8, 4) is 0 Å². The van der Waals surface area contributed by atoms with E-state index in [0.717, 1.165) is 10.6 Å². The summed E-state index contributed by atoms with van der Waals surface area (Å²) in [7, 11) is 0. The van der Waals surface area contributed by atoms with Crippen molar-refractivity contribution < 1.29 is 9.59 Å². The van der Waals surface area contributed by atoms with Crippen LogP contribution in [0.5, 0.6) is 0 Å². The minimum absolute atomic E-state index is 0. The lowest BCUT2D eigenvalue weighted by Crippen LogP contribution is -2.34. The highest BCUT2D eigenvalue weighted by Gasteiger charge is 2.14. The molecule has 0 atom stereocenters. The molecule has 3 N–H and O–H groups in total. The first-order valence-corrected chi connectivity index (χ1v) is 9.10. The topological polar surface area (TPSA) is 88.3 Å². The molecule has 26 heavy (non-hydrogen) atoms. The van der Waals surface area contributed by atoms with Gasteiger partial charge in [-0.15, -0.1) is 23.7 Å². The second kappa shape index (κ2) is 10.3. The van der Waals surface area contributed by atoms with Crippen LogP contribution in [0.1, 0.15) is 41.8 Å². The molecule has 0 unspecified atom stereocenters. The summed E-state index contributed by atoms with van der Waals surface area (Å²) >= 11 is 1.44. The fraction of sp³-hybridized carbons (Fsp3) is 0.389. The van der Waals surface area contributed by atoms with Crippen molar-refractivity contribution in [3.05, 3.63) is 45.9 Å². The van der Waals surface area contributed by atoms with Crippen LogP contribution in [0.15, 0.2) is 29.6 Å². The number of nitrogens with zero attached hydrogens (tertiary/aromatic N) is 2. The number of hydrogen-bond donors (Lipinski definition) is 2. The summed E-state index contributed by atoms with van der Waals surface area (Å²) in [6.45, 7) is 6.62. The van der Waals surface area contributed by atoms with Gasteiger partial charge >= 0.3 is 0 Å². The van der Waals surface area contributed by atoms with Crippen LogP contribution < -0.4 is 11.1 Å². The van der Waals surface area contributed by atoms with Crippen molar-refractivity contribution in [1.29, 1.82) is 0 Å². The number of hydrogen-bond acceptors (Lipinski definition) is 5. The van der Waals surface area contributed by atoms with Crippen molar-refractivity contribution in [2.75, 3.05) is 11.9 Å². The lowest BCUT2D eigenvalue weighted by atomic mass is 10.1. The van der Waals surface area contributed by atoms with Gasteiger partial charge in [-0.25, -0.2) is 4.98 Å². The third-order valence-corrected chi connectivity index (χ3v) is 4.64. The van der Waals surface area contributed by atoms with Gasteiger partial charge in [-0.2, -0.15) is 0 Å². The predicted molar refractivity (Wildman–Crippen MR) is 108 cm³/mol. The number of carbonyl (C=O) groups is 2. The van der Waals surface area contributed by atoms with Gasteiger partial charge in [0.1, 0.15) is 5.69 Å². The SMILES string of the molecule is CC(=O)N(Cc1ccc(NC(=O)c2csc(CCN)n2)cc1)C(C)C.Cl. The monoisotopic (exact) mass is 396 g/mol. The summed E-state index contributed by atoms with van der Waals surface area (Å²) in [5.41, 5.74) is 7.61. The van der Waals surface area contributed by atoms with E-state index in [1.807, 2.05) is 38.1 Å². The van der Waals surface area contributed by atoms with Crippen LogP contribution in [0.25, 0.3) is 0 Å². The molecule has 2 rings (SSSR count). The van der Waals surface area contributed by atoms with Crippen LogP contribution in [-0.2, 0) is 17.8 Å². The van der Waals surface area contributed by atoms with E-state index in [1.54, 1.807) is 17.2 Å². The summed E-state index contributed by atoms with van der Waals surface area (Å²) in [6, 6.07) is 7.63. The normalized spacial score (nSPS) is 10.3. The Bertz CT molecular complexity index is 731. The molecule has 0 saturated carbocycles. The Morgan fingerprint density at radius 2 is 1.92 bits per heavy atom. The number of amides is 2. The van der Waals surface area contributed by atoms with Gasteiger partial charge in [-0.1, -0.05) is 12.1 Å². The highest BCUT2D eigenvalue weighted by Crippen LogP contribution is 2.16. The first-order valence-electron chi connectivity index (χ1n) is 8.22. The van der Waals surface area contributed by atoms with E-state index in [2.05, 4.69) is 10.3 Å². The van der Waals surface area contributed by atoms with Gasteiger partial charge in [0, 0.05) is 37.0 Å². The first kappa shape index (κ1) is 22.1. The number of benzene rings is 1. The summed E-state index contributed by atoms with van der Waals surface area (Å²) in [5, 5.41) is 5.43. The van der Waals surface area contributed by atoms with Gasteiger partial charge in [0.2, 0.25) is 5.91 Å². The van der Waals surface area contributed by atoms with Gasteiger partial charge in [-0.05, 0) is 38.1 Å². The number of anilines is 1. The molecule has 1 aromatic carbocycles. The van der Waals surface area contributed by atoms with Crippen LogP contribution in [-0.4, -0.2) is 34.3 Å². The third-order valence-electron chi connectivity index (χ3n) is 3.74. The summed E-state index contributed by atoms with van der Waals surface area (Å²) < 4.78 is 0. The molecule has 2 amide bonds. The summed E-state index contributed by atoms with van der Waals surface area (Å²) in [4.78, 5) is 30.0. The van der Waals surface area contributed by atoms with E-state index >= 15 is 0 Å². The Morgan fingerprint density at radius 3 is 2.46 bits per heavy atom. The van der Waals surface area contributed by atoms with Crippen molar-refractivity contribution in [2.24, 2.45) is 5.73 Å². The highest BCUT2D eigenvalue weighted by molar-refractivity contribution is 7.09. The molecule has 0 spiro atoms. The van der Waals surface area contributed by atoms with Gasteiger partial charge in [0.05, 0.1) is 5.01 Å². The van der Waals surface area contributed by atoms with E-state index in [-0.39, 0.29) is 30.3 Å². The first-order chi connectivity index (χ1) is 11.9. The molecule has 142 valence electrons. The van der Waals surface area contributed by atoms with E-state index in [9.17, 15) is 9.59 Å². The highest BCUT2D eigenvalue weighted by atomic mass is 35.5. The Balaban J connectivity index is 0.00000338. The number of rotatable bonds is 7. The van der Waals surface area contributed by atoms with Crippen molar-refractivity contribution in [3.63, 3.8) is 0 Å². The van der Waals surface area contributed by atoms with Crippen molar-refractivity contribution in [2.45, 2.75) is 39.8 Å². The van der Waals surface area contributed by atoms with Gasteiger partial charge in [0.15, 0.2) is 0 Å². The lowest BCUT2D eigenvalue weighted by molar-refractivity contribution is -0.131. The second-order valence-corrected chi connectivity index (χ2v) is 7.00. The average molecular weight is 397 g/mol. The molecule has 0 bridgehead atoms. The fourth-order valence-corrected chi connectivity index (χ4v) is 3.19. The van der Waals surface area contributed by atoms with Crippen molar-refractivity contribution in [1.82, 2.24) is 9.88 Å². The van der Waals surface area contributed by atoms with E-state index in [0.29, 0.717) is 30.9 Å². The smallest absolute Gasteiger partial charge is 0.275 e. The number of nitrogens with one attached hydrogen (secondary N) is 1. The van der Waals surface area contributed by atoms with Crippen LogP contribution >= 0.6 is 23.7 Å². The van der Waals surface area contributed by atoms with E-state index in [4.69, 9.17) is 5.73 Å². The summed E-state index contributed by atoms with van der Waals surface area (Å²) in [6.07, 6.45) is 0.676. The van der Waals surface area contributed by atoms with Crippen LogP contribution in [0.2, 0.25) is 0 Å². The number of thiazole rings is 1. The molecule has 0 aliphatic heterocycles. The van der Waals surface area contributed by atoms with Gasteiger partial charge in [-0.3, -0.25) is 9.59 Å². The predicted octanol–water partition coefficient (Wildman–Crippen LogP) is 3.08.